The van der Waals surface area contributed by atoms with E-state index in [4.69, 9.17) is 16.3 Å². The lowest BCUT2D eigenvalue weighted by atomic mass is 10.1. The van der Waals surface area contributed by atoms with Crippen LogP contribution < -0.4 is 15.4 Å². The molecule has 5 nitrogen and oxygen atoms in total. The summed E-state index contributed by atoms with van der Waals surface area (Å²) < 4.78 is 5.92. The summed E-state index contributed by atoms with van der Waals surface area (Å²) in [6.07, 6.45) is 0. The van der Waals surface area contributed by atoms with Crippen molar-refractivity contribution >= 4 is 34.8 Å². The van der Waals surface area contributed by atoms with Gasteiger partial charge in [0.1, 0.15) is 12.4 Å². The number of para-hydroxylation sites is 1. The molecule has 0 aromatic heterocycles. The average molecular weight is 471 g/mol. The quantitative estimate of drug-likeness (QED) is 0.314. The third-order valence-electron chi connectivity index (χ3n) is 5.31. The van der Waals surface area contributed by atoms with Crippen molar-refractivity contribution in [1.29, 1.82) is 0 Å². The molecule has 0 aliphatic carbocycles. The fourth-order valence-corrected chi connectivity index (χ4v) is 3.53. The zero-order valence-corrected chi connectivity index (χ0v) is 19.3. The highest BCUT2D eigenvalue weighted by atomic mass is 35.5. The van der Waals surface area contributed by atoms with Gasteiger partial charge in [-0.1, -0.05) is 60.1 Å². The Hall–Kier alpha value is -4.09. The highest BCUT2D eigenvalue weighted by molar-refractivity contribution is 6.30. The molecule has 0 unspecified atom stereocenters. The van der Waals surface area contributed by atoms with E-state index in [0.717, 1.165) is 11.1 Å². The number of carbonyl (C=O) groups excluding carboxylic acids is 2. The molecule has 2 amide bonds. The Morgan fingerprint density at radius 3 is 2.06 bits per heavy atom. The lowest BCUT2D eigenvalue weighted by Crippen LogP contribution is -2.16. The predicted octanol–water partition coefficient (Wildman–Crippen LogP) is 6.73. The summed E-state index contributed by atoms with van der Waals surface area (Å²) in [5.74, 6) is -0.0457. The molecule has 6 heteroatoms. The molecule has 0 atom stereocenters. The molecule has 4 aromatic rings. The molecule has 0 saturated heterocycles. The maximum absolute atomic E-state index is 13.1. The Kier molecular flexibility index (Phi) is 7.25. The minimum absolute atomic E-state index is 0.215. The first-order valence-electron chi connectivity index (χ1n) is 10.7. The molecule has 0 spiro atoms. The van der Waals surface area contributed by atoms with E-state index in [1.807, 2.05) is 43.3 Å². The minimum Gasteiger partial charge on any atom is -0.488 e. The third-order valence-corrected chi connectivity index (χ3v) is 5.56. The van der Waals surface area contributed by atoms with E-state index in [1.165, 1.54) is 0 Å². The van der Waals surface area contributed by atoms with Crippen molar-refractivity contribution in [2.24, 2.45) is 0 Å². The van der Waals surface area contributed by atoms with Gasteiger partial charge in [-0.25, -0.2) is 0 Å². The maximum Gasteiger partial charge on any atom is 0.259 e. The number of ether oxygens (including phenoxy) is 1. The van der Waals surface area contributed by atoms with Gasteiger partial charge < -0.3 is 15.4 Å². The first-order valence-corrected chi connectivity index (χ1v) is 11.1. The Bertz CT molecular complexity index is 1310. The molecule has 0 bridgehead atoms. The second kappa shape index (κ2) is 10.7. The summed E-state index contributed by atoms with van der Waals surface area (Å²) in [5, 5.41) is 6.50. The van der Waals surface area contributed by atoms with E-state index in [-0.39, 0.29) is 11.8 Å². The van der Waals surface area contributed by atoms with Crippen LogP contribution in [0.2, 0.25) is 5.02 Å². The Morgan fingerprint density at radius 2 is 1.35 bits per heavy atom. The fraction of sp³-hybridized carbons (Fsp3) is 0.0714. The number of halogens is 1. The second-order valence-corrected chi connectivity index (χ2v) is 8.10. The molecule has 34 heavy (non-hydrogen) atoms. The van der Waals surface area contributed by atoms with Gasteiger partial charge in [0.25, 0.3) is 11.8 Å². The molecule has 4 rings (SSSR count). The van der Waals surface area contributed by atoms with Crippen molar-refractivity contribution in [1.82, 2.24) is 0 Å². The summed E-state index contributed by atoms with van der Waals surface area (Å²) in [5.41, 5.74) is 3.89. The van der Waals surface area contributed by atoms with Crippen LogP contribution in [-0.2, 0) is 6.61 Å². The second-order valence-electron chi connectivity index (χ2n) is 7.66. The van der Waals surface area contributed by atoms with Gasteiger partial charge in [0.2, 0.25) is 0 Å². The van der Waals surface area contributed by atoms with Crippen LogP contribution in [0.4, 0.5) is 11.4 Å². The molecule has 0 heterocycles. The lowest BCUT2D eigenvalue weighted by molar-refractivity contribution is 0.101. The van der Waals surface area contributed by atoms with Gasteiger partial charge in [-0.15, -0.1) is 0 Å². The van der Waals surface area contributed by atoms with Gasteiger partial charge in [-0.05, 0) is 66.6 Å². The summed E-state index contributed by atoms with van der Waals surface area (Å²) in [4.78, 5) is 25.7. The van der Waals surface area contributed by atoms with Crippen LogP contribution in [-0.4, -0.2) is 11.8 Å². The Balaban J connectivity index is 1.48. The van der Waals surface area contributed by atoms with Crippen LogP contribution >= 0.6 is 11.6 Å². The molecule has 170 valence electrons. The molecule has 0 radical (unpaired) electrons. The predicted molar refractivity (Wildman–Crippen MR) is 136 cm³/mol. The average Bonchev–Trinajstić information content (AvgIpc) is 2.86. The number of nitrogens with one attached hydrogen (secondary N) is 2. The smallest absolute Gasteiger partial charge is 0.259 e. The SMILES string of the molecule is Cc1c(NC(=O)c2ccccc2)cccc1NC(=O)c1ccccc1OCc1ccc(Cl)cc1. The molecular formula is C28H23ClN2O3. The monoisotopic (exact) mass is 470 g/mol. The van der Waals surface area contributed by atoms with Gasteiger partial charge in [-0.2, -0.15) is 0 Å². The van der Waals surface area contributed by atoms with Crippen molar-refractivity contribution in [3.05, 3.63) is 124 Å². The minimum atomic E-state index is -0.304. The third kappa shape index (κ3) is 5.63. The van der Waals surface area contributed by atoms with Crippen LogP contribution in [0.1, 0.15) is 31.8 Å². The first-order chi connectivity index (χ1) is 16.5. The van der Waals surface area contributed by atoms with Crippen LogP contribution in [0.3, 0.4) is 0 Å². The largest absolute Gasteiger partial charge is 0.488 e. The van der Waals surface area contributed by atoms with Crippen LogP contribution in [0.25, 0.3) is 0 Å². The topological polar surface area (TPSA) is 67.4 Å². The summed E-state index contributed by atoms with van der Waals surface area (Å²) in [7, 11) is 0. The normalized spacial score (nSPS) is 10.4. The van der Waals surface area contributed by atoms with E-state index < -0.39 is 0 Å². The molecule has 0 aliphatic heterocycles. The highest BCUT2D eigenvalue weighted by Crippen LogP contribution is 2.26. The molecule has 4 aromatic carbocycles. The van der Waals surface area contributed by atoms with E-state index in [2.05, 4.69) is 10.6 Å². The van der Waals surface area contributed by atoms with Crippen molar-refractivity contribution < 1.29 is 14.3 Å². The van der Waals surface area contributed by atoms with Crippen LogP contribution in [0, 0.1) is 6.92 Å². The first kappa shape index (κ1) is 23.1. The fourth-order valence-electron chi connectivity index (χ4n) is 3.40. The van der Waals surface area contributed by atoms with Gasteiger partial charge in [0, 0.05) is 22.0 Å². The molecule has 0 aliphatic rings. The van der Waals surface area contributed by atoms with Crippen LogP contribution in [0.5, 0.6) is 5.75 Å². The van der Waals surface area contributed by atoms with Crippen molar-refractivity contribution in [3.63, 3.8) is 0 Å². The Labute approximate surface area is 203 Å². The van der Waals surface area contributed by atoms with Crippen molar-refractivity contribution in [3.8, 4) is 5.75 Å². The number of carbonyl (C=O) groups is 2. The highest BCUT2D eigenvalue weighted by Gasteiger charge is 2.15. The van der Waals surface area contributed by atoms with E-state index >= 15 is 0 Å². The van der Waals surface area contributed by atoms with Crippen LogP contribution in [0.15, 0.2) is 97.1 Å². The Morgan fingerprint density at radius 1 is 0.735 bits per heavy atom. The lowest BCUT2D eigenvalue weighted by Gasteiger charge is -2.15. The molecule has 0 saturated carbocycles. The van der Waals surface area contributed by atoms with E-state index in [0.29, 0.717) is 39.9 Å². The number of hydrogen-bond acceptors (Lipinski definition) is 3. The van der Waals surface area contributed by atoms with Gasteiger partial charge in [0.15, 0.2) is 0 Å². The number of amides is 2. The standard InChI is InChI=1S/C28H23ClN2O3/c1-19-24(30-27(32)21-8-3-2-4-9-21)11-7-12-25(19)31-28(33)23-10-5-6-13-26(23)34-18-20-14-16-22(29)17-15-20/h2-17H,18H2,1H3,(H,30,32)(H,31,33). The van der Waals surface area contributed by atoms with Gasteiger partial charge in [-0.3, -0.25) is 9.59 Å². The molecule has 2 N–H and O–H groups in total. The molecule has 0 fully saturated rings. The number of anilines is 2. The van der Waals surface area contributed by atoms with Crippen molar-refractivity contribution in [2.45, 2.75) is 13.5 Å². The maximum atomic E-state index is 13.1. The van der Waals surface area contributed by atoms with E-state index in [1.54, 1.807) is 60.7 Å². The zero-order valence-electron chi connectivity index (χ0n) is 18.5. The van der Waals surface area contributed by atoms with E-state index in [9.17, 15) is 9.59 Å². The number of rotatable bonds is 7. The number of benzene rings is 4. The zero-order chi connectivity index (χ0) is 23.9. The summed E-state index contributed by atoms with van der Waals surface area (Å²) >= 11 is 5.94. The van der Waals surface area contributed by atoms with Gasteiger partial charge in [0.05, 0.1) is 5.56 Å². The van der Waals surface area contributed by atoms with Gasteiger partial charge >= 0.3 is 0 Å². The number of hydrogen-bond donors (Lipinski definition) is 2. The summed E-state index contributed by atoms with van der Waals surface area (Å²) in [6.45, 7) is 2.15. The summed E-state index contributed by atoms with van der Waals surface area (Å²) in [6, 6.07) is 28.8. The molecular weight excluding hydrogens is 448 g/mol. The van der Waals surface area contributed by atoms with Crippen molar-refractivity contribution in [2.75, 3.05) is 10.6 Å².